The van der Waals surface area contributed by atoms with E-state index in [9.17, 15) is 4.79 Å². The highest BCUT2D eigenvalue weighted by Crippen LogP contribution is 2.47. The summed E-state index contributed by atoms with van der Waals surface area (Å²) in [7, 11) is 4.68. The van der Waals surface area contributed by atoms with E-state index in [4.69, 9.17) is 18.9 Å². The third-order valence-corrected chi connectivity index (χ3v) is 4.85. The molecule has 1 aliphatic heterocycles. The first-order valence-corrected chi connectivity index (χ1v) is 8.80. The number of hydrogen-bond acceptors (Lipinski definition) is 6. The highest BCUT2D eigenvalue weighted by molar-refractivity contribution is 5.80. The molecule has 0 radical (unpaired) electrons. The summed E-state index contributed by atoms with van der Waals surface area (Å²) in [5.74, 6) is 1.26. The molecular formula is C21H20N2O5. The zero-order valence-corrected chi connectivity index (χ0v) is 15.8. The van der Waals surface area contributed by atoms with Crippen molar-refractivity contribution >= 4 is 5.97 Å². The van der Waals surface area contributed by atoms with E-state index in [2.05, 4.69) is 10.2 Å². The Kier molecular flexibility index (Phi) is 4.65. The van der Waals surface area contributed by atoms with Crippen molar-refractivity contribution < 1.29 is 23.7 Å². The molecule has 1 atom stereocenters. The molecule has 1 aromatic heterocycles. The molecule has 0 spiro atoms. The molecule has 0 aliphatic carbocycles. The maximum Gasteiger partial charge on any atom is 0.313 e. The van der Waals surface area contributed by atoms with Gasteiger partial charge in [0.1, 0.15) is 0 Å². The average Bonchev–Trinajstić information content (AvgIpc) is 3.16. The van der Waals surface area contributed by atoms with E-state index >= 15 is 0 Å². The van der Waals surface area contributed by atoms with Crippen LogP contribution in [0.2, 0.25) is 0 Å². The van der Waals surface area contributed by atoms with E-state index in [1.807, 2.05) is 42.5 Å². The van der Waals surface area contributed by atoms with Gasteiger partial charge in [0.25, 0.3) is 0 Å². The van der Waals surface area contributed by atoms with E-state index in [1.165, 1.54) is 0 Å². The number of carbonyl (C=O) groups is 1. The first-order valence-electron chi connectivity index (χ1n) is 8.80. The number of ether oxygens (including phenoxy) is 4. The van der Waals surface area contributed by atoms with Crippen LogP contribution in [0.3, 0.4) is 0 Å². The van der Waals surface area contributed by atoms with Crippen molar-refractivity contribution in [1.29, 1.82) is 0 Å². The topological polar surface area (TPSA) is 82.7 Å². The molecule has 2 aromatic carbocycles. The van der Waals surface area contributed by atoms with Gasteiger partial charge in [-0.1, -0.05) is 30.3 Å². The van der Waals surface area contributed by atoms with Gasteiger partial charge in [-0.3, -0.25) is 9.89 Å². The summed E-state index contributed by atoms with van der Waals surface area (Å²) in [5.41, 5.74) is 3.47. The highest BCUT2D eigenvalue weighted by Gasteiger charge is 2.35. The maximum absolute atomic E-state index is 12.2. The number of fused-ring (bicyclic) bond motifs is 1. The predicted molar refractivity (Wildman–Crippen MR) is 102 cm³/mol. The molecule has 2 heterocycles. The molecule has 0 amide bonds. The van der Waals surface area contributed by atoms with Crippen molar-refractivity contribution in [2.75, 3.05) is 21.3 Å². The highest BCUT2D eigenvalue weighted by atomic mass is 16.5. The number of carbonyl (C=O) groups excluding carboxylic acids is 1. The minimum absolute atomic E-state index is 0.186. The molecule has 1 unspecified atom stereocenters. The number of nitrogens with one attached hydrogen (secondary N) is 1. The fourth-order valence-corrected chi connectivity index (χ4v) is 3.57. The monoisotopic (exact) mass is 380 g/mol. The summed E-state index contributed by atoms with van der Waals surface area (Å²) in [5, 5.41) is 7.24. The minimum atomic E-state index is -0.336. The maximum atomic E-state index is 12.2. The fraction of sp³-hybridized carbons (Fsp3) is 0.238. The number of H-pyrrole nitrogens is 1. The summed E-state index contributed by atoms with van der Waals surface area (Å²) in [4.78, 5) is 12.2. The lowest BCUT2D eigenvalue weighted by molar-refractivity contribution is -0.135. The van der Waals surface area contributed by atoms with Gasteiger partial charge >= 0.3 is 5.97 Å². The van der Waals surface area contributed by atoms with E-state index in [1.54, 1.807) is 21.3 Å². The third-order valence-electron chi connectivity index (χ3n) is 4.85. The van der Waals surface area contributed by atoms with Crippen LogP contribution < -0.4 is 18.9 Å². The SMILES string of the molecule is COc1cc(C2CC(=O)Oc3n[nH]c(-c4ccccc4)c32)cc(OC)c1OC. The molecule has 7 heteroatoms. The largest absolute Gasteiger partial charge is 0.493 e. The summed E-state index contributed by atoms with van der Waals surface area (Å²) in [6, 6.07) is 13.5. The summed E-state index contributed by atoms with van der Waals surface area (Å²) in [6.07, 6.45) is 0.186. The van der Waals surface area contributed by atoms with Crippen LogP contribution in [-0.2, 0) is 4.79 Å². The quantitative estimate of drug-likeness (QED) is 0.682. The van der Waals surface area contributed by atoms with Crippen LogP contribution in [0, 0.1) is 0 Å². The van der Waals surface area contributed by atoms with Gasteiger partial charge in [-0.15, -0.1) is 5.10 Å². The number of benzene rings is 2. The third kappa shape index (κ3) is 2.94. The van der Waals surface area contributed by atoms with Crippen molar-refractivity contribution in [3.63, 3.8) is 0 Å². The first kappa shape index (κ1) is 17.9. The van der Waals surface area contributed by atoms with E-state index in [0.717, 1.165) is 22.4 Å². The zero-order chi connectivity index (χ0) is 19.7. The van der Waals surface area contributed by atoms with Gasteiger partial charge in [-0.25, -0.2) is 0 Å². The average molecular weight is 380 g/mol. The van der Waals surface area contributed by atoms with Crippen molar-refractivity contribution in [2.24, 2.45) is 0 Å². The molecule has 0 bridgehead atoms. The summed E-state index contributed by atoms with van der Waals surface area (Å²) < 4.78 is 21.7. The van der Waals surface area contributed by atoms with E-state index < -0.39 is 0 Å². The Hall–Kier alpha value is -3.48. The number of aromatic nitrogens is 2. The lowest BCUT2D eigenvalue weighted by Gasteiger charge is -2.24. The van der Waals surface area contributed by atoms with Crippen molar-refractivity contribution in [2.45, 2.75) is 12.3 Å². The van der Waals surface area contributed by atoms with Gasteiger partial charge in [0.2, 0.25) is 11.6 Å². The number of nitrogens with zero attached hydrogens (tertiary/aromatic N) is 1. The fourth-order valence-electron chi connectivity index (χ4n) is 3.57. The molecule has 7 nitrogen and oxygen atoms in total. The molecule has 4 rings (SSSR count). The van der Waals surface area contributed by atoms with Crippen LogP contribution in [0.25, 0.3) is 11.3 Å². The second kappa shape index (κ2) is 7.26. The van der Waals surface area contributed by atoms with Crippen LogP contribution >= 0.6 is 0 Å². The second-order valence-corrected chi connectivity index (χ2v) is 6.37. The van der Waals surface area contributed by atoms with Crippen molar-refractivity contribution in [3.05, 3.63) is 53.6 Å². The number of methoxy groups -OCH3 is 3. The van der Waals surface area contributed by atoms with Crippen molar-refractivity contribution in [3.8, 4) is 34.4 Å². The smallest absolute Gasteiger partial charge is 0.313 e. The number of hydrogen-bond donors (Lipinski definition) is 1. The molecule has 144 valence electrons. The molecule has 1 N–H and O–H groups in total. The van der Waals surface area contributed by atoms with E-state index in [0.29, 0.717) is 23.1 Å². The van der Waals surface area contributed by atoms with Crippen LogP contribution in [0.15, 0.2) is 42.5 Å². The standard InChI is InChI=1S/C21H20N2O5/c1-25-15-9-13(10-16(26-2)20(15)27-3)14-11-17(24)28-21-18(14)19(22-23-21)12-7-5-4-6-8-12/h4-10,14H,11H2,1-3H3,(H,22,23). The van der Waals surface area contributed by atoms with Gasteiger partial charge in [-0.2, -0.15) is 0 Å². The summed E-state index contributed by atoms with van der Waals surface area (Å²) >= 11 is 0. The van der Waals surface area contributed by atoms with Gasteiger partial charge in [0.15, 0.2) is 11.5 Å². The second-order valence-electron chi connectivity index (χ2n) is 6.37. The van der Waals surface area contributed by atoms with Crippen LogP contribution in [0.5, 0.6) is 23.1 Å². The first-order chi connectivity index (χ1) is 13.7. The Labute approximate surface area is 162 Å². The lowest BCUT2D eigenvalue weighted by atomic mass is 9.85. The molecule has 0 saturated carbocycles. The van der Waals surface area contributed by atoms with Crippen molar-refractivity contribution in [1.82, 2.24) is 10.2 Å². The van der Waals surface area contributed by atoms with Gasteiger partial charge in [0, 0.05) is 5.92 Å². The zero-order valence-electron chi connectivity index (χ0n) is 15.8. The Bertz CT molecular complexity index is 988. The Balaban J connectivity index is 1.89. The molecule has 28 heavy (non-hydrogen) atoms. The molecule has 1 aliphatic rings. The van der Waals surface area contributed by atoms with Crippen LogP contribution in [0.1, 0.15) is 23.5 Å². The predicted octanol–water partition coefficient (Wildman–Crippen LogP) is 3.54. The van der Waals surface area contributed by atoms with Gasteiger partial charge in [0.05, 0.1) is 39.0 Å². The molecule has 3 aromatic rings. The minimum Gasteiger partial charge on any atom is -0.493 e. The number of esters is 1. The Morgan fingerprint density at radius 2 is 1.71 bits per heavy atom. The molecule has 0 fully saturated rings. The van der Waals surface area contributed by atoms with E-state index in [-0.39, 0.29) is 18.3 Å². The van der Waals surface area contributed by atoms with Crippen LogP contribution in [0.4, 0.5) is 0 Å². The summed E-state index contributed by atoms with van der Waals surface area (Å²) in [6.45, 7) is 0. The molecule has 0 saturated heterocycles. The van der Waals surface area contributed by atoms with Gasteiger partial charge < -0.3 is 18.9 Å². The number of aromatic amines is 1. The Morgan fingerprint density at radius 1 is 1.04 bits per heavy atom. The normalized spacial score (nSPS) is 15.5. The number of rotatable bonds is 5. The van der Waals surface area contributed by atoms with Gasteiger partial charge in [-0.05, 0) is 23.3 Å². The van der Waals surface area contributed by atoms with Crippen LogP contribution in [-0.4, -0.2) is 37.5 Å². The lowest BCUT2D eigenvalue weighted by Crippen LogP contribution is -2.21. The molecular weight excluding hydrogens is 360 g/mol. The Morgan fingerprint density at radius 3 is 2.32 bits per heavy atom.